The number of benzene rings is 1. The molecule has 2 aromatic rings. The van der Waals surface area contributed by atoms with Crippen molar-refractivity contribution in [2.24, 2.45) is 11.8 Å². The zero-order chi connectivity index (χ0) is 26.4. The summed E-state index contributed by atoms with van der Waals surface area (Å²) in [6, 6.07) is 4.53. The Balaban J connectivity index is 1.76. The van der Waals surface area contributed by atoms with Crippen LogP contribution in [0.3, 0.4) is 0 Å². The number of amides is 3. The van der Waals surface area contributed by atoms with Crippen molar-refractivity contribution >= 4 is 29.1 Å². The quantitative estimate of drug-likeness (QED) is 0.630. The monoisotopic (exact) mass is 522 g/mol. The summed E-state index contributed by atoms with van der Waals surface area (Å²) < 4.78 is 40.1. The smallest absolute Gasteiger partial charge is 0.347 e. The highest BCUT2D eigenvalue weighted by molar-refractivity contribution is 7.11. The Morgan fingerprint density at radius 2 is 1.81 bits per heavy atom. The molecule has 194 valence electrons. The Bertz CT molecular complexity index is 1140. The lowest BCUT2D eigenvalue weighted by molar-refractivity contribution is -0.159. The lowest BCUT2D eigenvalue weighted by Crippen LogP contribution is -2.67. The second kappa shape index (κ2) is 9.84. The van der Waals surface area contributed by atoms with Crippen molar-refractivity contribution in [2.45, 2.75) is 57.4 Å². The third-order valence-electron chi connectivity index (χ3n) is 6.69. The van der Waals surface area contributed by atoms with Crippen molar-refractivity contribution < 1.29 is 27.6 Å². The fraction of sp³-hybridized carbons (Fsp3) is 0.520. The molecule has 4 rings (SSSR count). The van der Waals surface area contributed by atoms with Crippen LogP contribution >= 0.6 is 11.3 Å². The van der Waals surface area contributed by atoms with E-state index in [4.69, 9.17) is 0 Å². The molecule has 0 bridgehead atoms. The van der Waals surface area contributed by atoms with Gasteiger partial charge in [-0.25, -0.2) is 4.98 Å². The SMILES string of the molecule is CC(C)CC1C(=O)NC(C2Cc3ccccc3C2)C(=O)N1C(C(=O)N(C)C)c1cnc(C(F)(F)F)s1. The van der Waals surface area contributed by atoms with Gasteiger partial charge in [-0.15, -0.1) is 11.3 Å². The molecule has 1 aliphatic heterocycles. The molecule has 2 heterocycles. The number of fused-ring (bicyclic) bond motifs is 1. The summed E-state index contributed by atoms with van der Waals surface area (Å²) in [5, 5.41) is 1.78. The van der Waals surface area contributed by atoms with Crippen LogP contribution < -0.4 is 5.32 Å². The molecule has 1 aliphatic carbocycles. The number of aromatic nitrogens is 1. The van der Waals surface area contributed by atoms with Crippen LogP contribution in [0.1, 0.15) is 47.3 Å². The van der Waals surface area contributed by atoms with Gasteiger partial charge in [0.05, 0.1) is 4.88 Å². The number of likely N-dealkylation sites (N-methyl/N-ethyl adjacent to an activating group) is 1. The van der Waals surface area contributed by atoms with E-state index in [2.05, 4.69) is 10.3 Å². The Morgan fingerprint density at radius 1 is 1.19 bits per heavy atom. The summed E-state index contributed by atoms with van der Waals surface area (Å²) >= 11 is 0.326. The first-order valence-electron chi connectivity index (χ1n) is 11.8. The van der Waals surface area contributed by atoms with Crippen LogP contribution in [0.4, 0.5) is 13.2 Å². The molecule has 11 heteroatoms. The lowest BCUT2D eigenvalue weighted by Gasteiger charge is -2.44. The maximum atomic E-state index is 14.0. The van der Waals surface area contributed by atoms with E-state index in [1.54, 1.807) is 0 Å². The van der Waals surface area contributed by atoms with Gasteiger partial charge in [-0.2, -0.15) is 13.2 Å². The van der Waals surface area contributed by atoms with Crippen molar-refractivity contribution in [2.75, 3.05) is 14.1 Å². The summed E-state index contributed by atoms with van der Waals surface area (Å²) in [5.41, 5.74) is 2.19. The Labute approximate surface area is 211 Å². The summed E-state index contributed by atoms with van der Waals surface area (Å²) in [6.07, 6.45) is -2.27. The highest BCUT2D eigenvalue weighted by Gasteiger charge is 2.50. The van der Waals surface area contributed by atoms with Crippen molar-refractivity contribution in [3.05, 3.63) is 51.5 Å². The Kier molecular flexibility index (Phi) is 7.14. The zero-order valence-corrected chi connectivity index (χ0v) is 21.3. The van der Waals surface area contributed by atoms with Gasteiger partial charge in [-0.3, -0.25) is 14.4 Å². The van der Waals surface area contributed by atoms with E-state index in [1.807, 2.05) is 38.1 Å². The van der Waals surface area contributed by atoms with E-state index in [0.717, 1.165) is 17.3 Å². The van der Waals surface area contributed by atoms with Crippen molar-refractivity contribution in [1.29, 1.82) is 0 Å². The molecular weight excluding hydrogens is 493 g/mol. The van der Waals surface area contributed by atoms with Gasteiger partial charge >= 0.3 is 6.18 Å². The molecule has 1 saturated heterocycles. The summed E-state index contributed by atoms with van der Waals surface area (Å²) in [5.74, 6) is -1.67. The van der Waals surface area contributed by atoms with Crippen LogP contribution in [0.2, 0.25) is 0 Å². The van der Waals surface area contributed by atoms with Crippen molar-refractivity contribution in [3.63, 3.8) is 0 Å². The molecule has 1 N–H and O–H groups in total. The number of nitrogens with one attached hydrogen (secondary N) is 1. The van der Waals surface area contributed by atoms with Gasteiger partial charge in [0.1, 0.15) is 18.1 Å². The fourth-order valence-electron chi connectivity index (χ4n) is 5.04. The molecule has 1 aromatic heterocycles. The number of alkyl halides is 3. The van der Waals surface area contributed by atoms with Crippen molar-refractivity contribution in [3.8, 4) is 0 Å². The minimum Gasteiger partial charge on any atom is -0.347 e. The zero-order valence-electron chi connectivity index (χ0n) is 20.5. The van der Waals surface area contributed by atoms with Crippen molar-refractivity contribution in [1.82, 2.24) is 20.1 Å². The Hall–Kier alpha value is -2.95. The summed E-state index contributed by atoms with van der Waals surface area (Å²) in [4.78, 5) is 46.7. The maximum absolute atomic E-state index is 14.0. The van der Waals surface area contributed by atoms with Gasteiger partial charge in [0.15, 0.2) is 5.01 Å². The number of hydrogen-bond donors (Lipinski definition) is 1. The first-order valence-corrected chi connectivity index (χ1v) is 12.6. The fourth-order valence-corrected chi connectivity index (χ4v) is 5.92. The average molecular weight is 523 g/mol. The molecule has 3 atom stereocenters. The second-order valence-corrected chi connectivity index (χ2v) is 11.1. The van der Waals surface area contributed by atoms with E-state index in [0.29, 0.717) is 24.2 Å². The molecule has 0 saturated carbocycles. The first-order chi connectivity index (χ1) is 16.9. The van der Waals surface area contributed by atoms with Crippen LogP contribution in [0, 0.1) is 11.8 Å². The van der Waals surface area contributed by atoms with Gasteiger partial charge in [-0.1, -0.05) is 38.1 Å². The van der Waals surface area contributed by atoms with Crippen LogP contribution in [-0.2, 0) is 33.4 Å². The maximum Gasteiger partial charge on any atom is 0.443 e. The third kappa shape index (κ3) is 4.98. The summed E-state index contributed by atoms with van der Waals surface area (Å²) in [7, 11) is 2.94. The number of nitrogens with zero attached hydrogens (tertiary/aromatic N) is 3. The number of piperazine rings is 1. The van der Waals surface area contributed by atoms with Gasteiger partial charge in [-0.05, 0) is 42.2 Å². The second-order valence-electron chi connectivity index (χ2n) is 10.0. The highest BCUT2D eigenvalue weighted by Crippen LogP contribution is 2.40. The number of carbonyl (C=O) groups is 3. The third-order valence-corrected chi connectivity index (χ3v) is 7.79. The number of halogens is 3. The van der Waals surface area contributed by atoms with E-state index >= 15 is 0 Å². The predicted molar refractivity (Wildman–Crippen MR) is 128 cm³/mol. The minimum atomic E-state index is -4.69. The number of thiazole rings is 1. The first kappa shape index (κ1) is 26.1. The van der Waals surface area contributed by atoms with Gasteiger partial charge in [0, 0.05) is 20.3 Å². The van der Waals surface area contributed by atoms with E-state index in [-0.39, 0.29) is 23.1 Å². The number of hydrogen-bond acceptors (Lipinski definition) is 5. The van der Waals surface area contributed by atoms with E-state index < -0.39 is 47.0 Å². The molecular formula is C25H29F3N4O3S. The van der Waals surface area contributed by atoms with Crippen LogP contribution in [-0.4, -0.2) is 58.7 Å². The molecule has 2 aliphatic rings. The molecule has 36 heavy (non-hydrogen) atoms. The molecule has 0 spiro atoms. The van der Waals surface area contributed by atoms with Crippen LogP contribution in [0.25, 0.3) is 0 Å². The van der Waals surface area contributed by atoms with Crippen LogP contribution in [0.5, 0.6) is 0 Å². The number of rotatable bonds is 6. The lowest BCUT2D eigenvalue weighted by atomic mass is 9.88. The molecule has 3 amide bonds. The molecule has 1 fully saturated rings. The van der Waals surface area contributed by atoms with Gasteiger partial charge in [0.25, 0.3) is 0 Å². The standard InChI is InChI=1S/C25H29F3N4O3S/c1-13(2)9-17-21(33)30-19(16-10-14-7-5-6-8-15(14)11-16)22(34)32(17)20(23(35)31(3)4)18-12-29-24(36-18)25(26,27)28/h5-8,12-13,16-17,19-20H,9-11H2,1-4H3,(H,30,33). The summed E-state index contributed by atoms with van der Waals surface area (Å²) in [6.45, 7) is 3.76. The van der Waals surface area contributed by atoms with E-state index in [1.165, 1.54) is 23.9 Å². The predicted octanol–water partition coefficient (Wildman–Crippen LogP) is 3.45. The minimum absolute atomic E-state index is 0.00867. The molecule has 0 radical (unpaired) electrons. The van der Waals surface area contributed by atoms with Gasteiger partial charge < -0.3 is 15.1 Å². The molecule has 7 nitrogen and oxygen atoms in total. The molecule has 3 unspecified atom stereocenters. The highest BCUT2D eigenvalue weighted by atomic mass is 32.1. The average Bonchev–Trinajstić information content (AvgIpc) is 3.45. The Morgan fingerprint density at radius 3 is 2.31 bits per heavy atom. The van der Waals surface area contributed by atoms with Gasteiger partial charge in [0.2, 0.25) is 17.7 Å². The van der Waals surface area contributed by atoms with Crippen LogP contribution in [0.15, 0.2) is 30.5 Å². The normalized spacial score (nSPS) is 21.5. The number of carbonyl (C=O) groups excluding carboxylic acids is 3. The topological polar surface area (TPSA) is 82.6 Å². The largest absolute Gasteiger partial charge is 0.443 e. The van der Waals surface area contributed by atoms with E-state index in [9.17, 15) is 27.6 Å². The molecule has 1 aromatic carbocycles.